The summed E-state index contributed by atoms with van der Waals surface area (Å²) in [4.78, 5) is 2.28. The number of hydrogen-bond acceptors (Lipinski definition) is 2. The van der Waals surface area contributed by atoms with Gasteiger partial charge in [-0.1, -0.05) is 91.1 Å². The summed E-state index contributed by atoms with van der Waals surface area (Å²) >= 11 is 0. The smallest absolute Gasteiger partial charge is 0.112 e. The number of aliphatic hydroxyl groups excluding tert-OH is 1. The van der Waals surface area contributed by atoms with E-state index < -0.39 is 8.07 Å². The third-order valence-electron chi connectivity index (χ3n) is 5.74. The molecule has 0 unspecified atom stereocenters. The Morgan fingerprint density at radius 1 is 0.600 bits per heavy atom. The first kappa shape index (κ1) is 20.1. The topological polar surface area (TPSA) is 23.5 Å². The lowest BCUT2D eigenvalue weighted by Gasteiger charge is -2.28. The molecule has 0 fully saturated rings. The Morgan fingerprint density at radius 3 is 1.60 bits per heavy atom. The summed E-state index contributed by atoms with van der Waals surface area (Å²) in [6.45, 7) is 4.78. The van der Waals surface area contributed by atoms with Crippen LogP contribution in [0.4, 0.5) is 17.1 Å². The first-order valence-electron chi connectivity index (χ1n) is 10.3. The highest BCUT2D eigenvalue weighted by Crippen LogP contribution is 2.33. The zero-order valence-corrected chi connectivity index (χ0v) is 18.5. The maximum Gasteiger partial charge on any atom is 0.112 e. The third kappa shape index (κ3) is 3.95. The van der Waals surface area contributed by atoms with Crippen LogP contribution in [0.2, 0.25) is 13.1 Å². The molecule has 0 spiro atoms. The summed E-state index contributed by atoms with van der Waals surface area (Å²) < 4.78 is 0. The lowest BCUT2D eigenvalue weighted by molar-refractivity contribution is 0.283. The number of hydrogen-bond donors (Lipinski definition) is 1. The van der Waals surface area contributed by atoms with Crippen LogP contribution in [0.1, 0.15) is 5.56 Å². The second-order valence-electron chi connectivity index (χ2n) is 7.99. The molecular weight excluding hydrogens is 382 g/mol. The van der Waals surface area contributed by atoms with Gasteiger partial charge in [-0.15, -0.1) is 0 Å². The van der Waals surface area contributed by atoms with Gasteiger partial charge in [0.15, 0.2) is 0 Å². The van der Waals surface area contributed by atoms with Crippen molar-refractivity contribution >= 4 is 35.5 Å². The molecule has 4 aromatic carbocycles. The molecule has 150 valence electrons. The van der Waals surface area contributed by atoms with E-state index >= 15 is 0 Å². The van der Waals surface area contributed by atoms with Crippen molar-refractivity contribution in [3.8, 4) is 0 Å². The molecule has 4 rings (SSSR count). The fourth-order valence-electron chi connectivity index (χ4n) is 4.05. The molecule has 0 aromatic heterocycles. The molecule has 4 aromatic rings. The van der Waals surface area contributed by atoms with Gasteiger partial charge in [-0.25, -0.2) is 0 Å². The molecular formula is C27H27NOSi. The Balaban J connectivity index is 1.74. The first-order valence-corrected chi connectivity index (χ1v) is 13.3. The van der Waals surface area contributed by atoms with E-state index in [2.05, 4.69) is 103 Å². The predicted molar refractivity (Wildman–Crippen MR) is 130 cm³/mol. The number of rotatable bonds is 6. The molecule has 1 N–H and O–H groups in total. The van der Waals surface area contributed by atoms with Crippen molar-refractivity contribution in [1.29, 1.82) is 0 Å². The molecule has 0 radical (unpaired) electrons. The largest absolute Gasteiger partial charge is 0.392 e. The van der Waals surface area contributed by atoms with E-state index in [0.717, 1.165) is 22.6 Å². The Labute approximate surface area is 180 Å². The van der Waals surface area contributed by atoms with Crippen molar-refractivity contribution in [1.82, 2.24) is 0 Å². The number of nitrogens with zero attached hydrogens (tertiary/aromatic N) is 1. The Hall–Kier alpha value is -3.14. The van der Waals surface area contributed by atoms with Gasteiger partial charge < -0.3 is 10.0 Å². The molecule has 0 bridgehead atoms. The summed E-state index contributed by atoms with van der Waals surface area (Å²) in [6.07, 6.45) is 0. The van der Waals surface area contributed by atoms with Crippen LogP contribution in [-0.2, 0) is 6.61 Å². The third-order valence-corrected chi connectivity index (χ3v) is 9.35. The van der Waals surface area contributed by atoms with E-state index in [0.29, 0.717) is 0 Å². The van der Waals surface area contributed by atoms with Gasteiger partial charge in [-0.2, -0.15) is 0 Å². The quantitative estimate of drug-likeness (QED) is 0.427. The molecule has 0 aliphatic carbocycles. The van der Waals surface area contributed by atoms with Gasteiger partial charge in [0.2, 0.25) is 0 Å². The van der Waals surface area contributed by atoms with E-state index in [1.165, 1.54) is 10.4 Å². The number of para-hydroxylation sites is 2. The van der Waals surface area contributed by atoms with Crippen molar-refractivity contribution in [2.24, 2.45) is 0 Å². The van der Waals surface area contributed by atoms with E-state index in [1.807, 2.05) is 24.3 Å². The van der Waals surface area contributed by atoms with E-state index in [-0.39, 0.29) is 6.61 Å². The SMILES string of the molecule is C[Si](C)(c1ccc(N(c2ccccc2)c2ccccc2)cc1)c1ccccc1CO. The van der Waals surface area contributed by atoms with Gasteiger partial charge in [0.1, 0.15) is 8.07 Å². The summed E-state index contributed by atoms with van der Waals surface area (Å²) in [5.41, 5.74) is 4.45. The second kappa shape index (κ2) is 8.70. The second-order valence-corrected chi connectivity index (χ2v) is 12.4. The standard InChI is InChI=1S/C27H27NOSi/c1-30(2,27-16-10-9-11-22(27)21-29)26-19-17-25(18-20-26)28(23-12-5-3-6-13-23)24-14-7-4-8-15-24/h3-20,29H,21H2,1-2H3. The zero-order chi connectivity index (χ0) is 21.0. The number of anilines is 3. The molecule has 2 nitrogen and oxygen atoms in total. The van der Waals surface area contributed by atoms with Crippen molar-refractivity contribution in [3.63, 3.8) is 0 Å². The molecule has 0 atom stereocenters. The molecule has 0 amide bonds. The molecule has 0 heterocycles. The van der Waals surface area contributed by atoms with Gasteiger partial charge in [-0.05, 0) is 47.1 Å². The Bertz CT molecular complexity index is 1050. The molecule has 0 aliphatic heterocycles. The average Bonchev–Trinajstić information content (AvgIpc) is 2.81. The number of benzene rings is 4. The minimum absolute atomic E-state index is 0.0838. The first-order chi connectivity index (χ1) is 14.6. The van der Waals surface area contributed by atoms with Gasteiger partial charge in [0.05, 0.1) is 6.61 Å². The van der Waals surface area contributed by atoms with E-state index in [1.54, 1.807) is 0 Å². The van der Waals surface area contributed by atoms with Crippen molar-refractivity contribution in [2.75, 3.05) is 4.90 Å². The highest BCUT2D eigenvalue weighted by atomic mass is 28.3. The van der Waals surface area contributed by atoms with Crippen LogP contribution in [0, 0.1) is 0 Å². The van der Waals surface area contributed by atoms with Crippen molar-refractivity contribution in [2.45, 2.75) is 19.7 Å². The van der Waals surface area contributed by atoms with Gasteiger partial charge in [-0.3, -0.25) is 0 Å². The Kier molecular flexibility index (Phi) is 5.84. The monoisotopic (exact) mass is 409 g/mol. The lowest BCUT2D eigenvalue weighted by Crippen LogP contribution is -2.54. The summed E-state index contributed by atoms with van der Waals surface area (Å²) in [6, 6.07) is 38.1. The van der Waals surface area contributed by atoms with Crippen LogP contribution in [0.3, 0.4) is 0 Å². The molecule has 30 heavy (non-hydrogen) atoms. The van der Waals surface area contributed by atoms with Gasteiger partial charge >= 0.3 is 0 Å². The maximum atomic E-state index is 9.81. The zero-order valence-electron chi connectivity index (χ0n) is 17.5. The van der Waals surface area contributed by atoms with E-state index in [9.17, 15) is 5.11 Å². The van der Waals surface area contributed by atoms with Crippen LogP contribution in [0.25, 0.3) is 0 Å². The molecule has 3 heteroatoms. The molecule has 0 saturated carbocycles. The normalized spacial score (nSPS) is 11.3. The highest BCUT2D eigenvalue weighted by molar-refractivity contribution is 7.00. The van der Waals surface area contributed by atoms with Crippen LogP contribution in [-0.4, -0.2) is 13.2 Å². The fraction of sp³-hybridized carbons (Fsp3) is 0.111. The Morgan fingerprint density at radius 2 is 1.07 bits per heavy atom. The minimum Gasteiger partial charge on any atom is -0.392 e. The summed E-state index contributed by atoms with van der Waals surface area (Å²) in [5, 5.41) is 12.5. The van der Waals surface area contributed by atoms with Crippen LogP contribution in [0.15, 0.2) is 109 Å². The summed E-state index contributed by atoms with van der Waals surface area (Å²) in [7, 11) is -1.92. The summed E-state index contributed by atoms with van der Waals surface area (Å²) in [5.74, 6) is 0. The van der Waals surface area contributed by atoms with Crippen LogP contribution in [0.5, 0.6) is 0 Å². The minimum atomic E-state index is -1.92. The van der Waals surface area contributed by atoms with Crippen molar-refractivity contribution in [3.05, 3.63) is 115 Å². The maximum absolute atomic E-state index is 9.81. The molecule has 0 aliphatic rings. The van der Waals surface area contributed by atoms with Crippen LogP contribution >= 0.6 is 0 Å². The predicted octanol–water partition coefficient (Wildman–Crippen LogP) is 5.47. The van der Waals surface area contributed by atoms with Crippen molar-refractivity contribution < 1.29 is 5.11 Å². The highest BCUT2D eigenvalue weighted by Gasteiger charge is 2.28. The fourth-order valence-corrected chi connectivity index (χ4v) is 6.84. The van der Waals surface area contributed by atoms with Crippen LogP contribution < -0.4 is 15.3 Å². The number of aliphatic hydroxyl groups is 1. The van der Waals surface area contributed by atoms with E-state index in [4.69, 9.17) is 0 Å². The molecule has 0 saturated heterocycles. The average molecular weight is 410 g/mol. The lowest BCUT2D eigenvalue weighted by atomic mass is 10.2. The van der Waals surface area contributed by atoms with Gasteiger partial charge in [0, 0.05) is 17.1 Å². The van der Waals surface area contributed by atoms with Gasteiger partial charge in [0.25, 0.3) is 0 Å².